The zero-order valence-corrected chi connectivity index (χ0v) is 7.53. The molecule has 0 radical (unpaired) electrons. The van der Waals surface area contributed by atoms with E-state index in [1.54, 1.807) is 11.3 Å². The van der Waals surface area contributed by atoms with Gasteiger partial charge >= 0.3 is 0 Å². The van der Waals surface area contributed by atoms with E-state index in [0.717, 1.165) is 15.2 Å². The van der Waals surface area contributed by atoms with Gasteiger partial charge in [-0.3, -0.25) is 0 Å². The van der Waals surface area contributed by atoms with Crippen LogP contribution in [0, 0.1) is 0 Å². The van der Waals surface area contributed by atoms with Gasteiger partial charge in [-0.15, -0.1) is 11.3 Å². The second-order valence-corrected chi connectivity index (χ2v) is 3.58. The van der Waals surface area contributed by atoms with Crippen molar-refractivity contribution in [2.24, 2.45) is 5.11 Å². The van der Waals surface area contributed by atoms with E-state index in [2.05, 4.69) is 15.0 Å². The van der Waals surface area contributed by atoms with Crippen LogP contribution in [0.4, 0.5) is 0 Å². The second kappa shape index (κ2) is 3.43. The quantitative estimate of drug-likeness (QED) is 0.404. The van der Waals surface area contributed by atoms with E-state index in [-0.39, 0.29) is 7.13 Å². The molecule has 0 saturated heterocycles. The molecule has 2 aromatic rings. The molecule has 0 aliphatic heterocycles. The Morgan fingerprint density at radius 3 is 3.15 bits per heavy atom. The van der Waals surface area contributed by atoms with Gasteiger partial charge in [0.25, 0.3) is 0 Å². The van der Waals surface area contributed by atoms with Gasteiger partial charge in [0.15, 0.2) is 0 Å². The Labute approximate surface area is 85.9 Å². The van der Waals surface area contributed by atoms with Crippen molar-refractivity contribution in [3.05, 3.63) is 39.7 Å². The zero-order valence-electron chi connectivity index (χ0n) is 6.71. The largest absolute Gasteiger partial charge is 0.241 e. The van der Waals surface area contributed by atoms with Crippen LogP contribution in [0.5, 0.6) is 0 Å². The van der Waals surface area contributed by atoms with Crippen molar-refractivity contribution in [3.8, 4) is 0 Å². The van der Waals surface area contributed by atoms with Gasteiger partial charge in [-0.05, 0) is 17.7 Å². The third-order valence-corrected chi connectivity index (χ3v) is 2.63. The average Bonchev–Trinajstić information content (AvgIpc) is 2.57. The maximum absolute atomic E-state index is 8.14. The Balaban J connectivity index is -0.000000196. The van der Waals surface area contributed by atoms with Crippen LogP contribution >= 0.6 is 11.3 Å². The lowest BCUT2D eigenvalue weighted by molar-refractivity contribution is 1.03. The number of aromatic nitrogens is 1. The summed E-state index contributed by atoms with van der Waals surface area (Å²) in [6, 6.07) is 7.87. The second-order valence-electron chi connectivity index (χ2n) is 2.46. The van der Waals surface area contributed by atoms with Crippen LogP contribution in [0.2, 0.25) is 0 Å². The van der Waals surface area contributed by atoms with E-state index in [4.69, 9.17) is 5.53 Å². The summed E-state index contributed by atoms with van der Waals surface area (Å²) in [5.41, 5.74) is 9.11. The minimum Gasteiger partial charge on any atom is -0.241 e. The lowest BCUT2D eigenvalue weighted by Crippen LogP contribution is -1.74. The molecular formula is C8H16N4S. The molecule has 0 amide bonds. The van der Waals surface area contributed by atoms with E-state index < -0.39 is 0 Å². The first-order valence-electron chi connectivity index (χ1n) is 3.75. The number of thiazole rings is 1. The number of rotatable bonds is 2. The summed E-state index contributed by atoms with van der Waals surface area (Å²) in [6.07, 6.45) is 0. The number of para-hydroxylation sites is 1. The van der Waals surface area contributed by atoms with Crippen molar-refractivity contribution in [1.82, 2.24) is 4.98 Å². The van der Waals surface area contributed by atoms with Crippen molar-refractivity contribution in [3.63, 3.8) is 0 Å². The molecule has 0 unspecified atom stereocenters. The molecule has 0 atom stereocenters. The summed E-state index contributed by atoms with van der Waals surface area (Å²) in [5.74, 6) is 0. The van der Waals surface area contributed by atoms with Gasteiger partial charge < -0.3 is 0 Å². The van der Waals surface area contributed by atoms with Gasteiger partial charge in [0.2, 0.25) is 0 Å². The Morgan fingerprint density at radius 1 is 1.54 bits per heavy atom. The highest BCUT2D eigenvalue weighted by Crippen LogP contribution is 2.21. The summed E-state index contributed by atoms with van der Waals surface area (Å²) in [5, 5.41) is 4.33. The van der Waals surface area contributed by atoms with Crippen molar-refractivity contribution in [2.45, 2.75) is 6.54 Å². The first kappa shape index (κ1) is 8.04. The molecule has 1 heterocycles. The first-order chi connectivity index (χ1) is 6.40. The minimum absolute atomic E-state index is 0. The topological polar surface area (TPSA) is 61.7 Å². The highest BCUT2D eigenvalue weighted by Gasteiger charge is 2.00. The third kappa shape index (κ3) is 1.61. The summed E-state index contributed by atoms with van der Waals surface area (Å²) in [7, 11) is 0. The zero-order chi connectivity index (χ0) is 9.10. The van der Waals surface area contributed by atoms with Crippen LogP contribution < -0.4 is 0 Å². The molecule has 74 valence electrons. The molecule has 0 N–H and O–H groups in total. The fourth-order valence-electron chi connectivity index (χ4n) is 1.08. The minimum atomic E-state index is 0. The predicted molar refractivity (Wildman–Crippen MR) is 63.0 cm³/mol. The van der Waals surface area contributed by atoms with E-state index in [1.807, 2.05) is 24.3 Å². The van der Waals surface area contributed by atoms with Crippen LogP contribution in [0.3, 0.4) is 0 Å². The van der Waals surface area contributed by atoms with Crippen LogP contribution in [0.1, 0.15) is 12.1 Å². The maximum Gasteiger partial charge on any atom is 0.0996 e. The van der Waals surface area contributed by atoms with Crippen LogP contribution in [-0.4, -0.2) is 4.98 Å². The fraction of sp³-hybridized carbons (Fsp3) is 0.125. The fourth-order valence-corrected chi connectivity index (χ4v) is 1.96. The van der Waals surface area contributed by atoms with Gasteiger partial charge in [0.1, 0.15) is 0 Å². The van der Waals surface area contributed by atoms with Crippen molar-refractivity contribution >= 4 is 21.6 Å². The lowest BCUT2D eigenvalue weighted by Gasteiger charge is -1.80. The molecule has 0 bridgehead atoms. The molecule has 1 aromatic carbocycles. The number of hydrogen-bond donors (Lipinski definition) is 0. The Morgan fingerprint density at radius 2 is 2.38 bits per heavy atom. The summed E-state index contributed by atoms with van der Waals surface area (Å²) >= 11 is 1.56. The van der Waals surface area contributed by atoms with Crippen LogP contribution in [0.15, 0.2) is 29.4 Å². The van der Waals surface area contributed by atoms with E-state index in [9.17, 15) is 0 Å². The van der Waals surface area contributed by atoms with Crippen molar-refractivity contribution in [2.75, 3.05) is 0 Å². The van der Waals surface area contributed by atoms with E-state index in [0.29, 0.717) is 6.54 Å². The standard InChI is InChI=1S/C8H6N4S.5H2/c9-12-10-5-8-11-6-3-1-2-4-7(6)13-8;;;;;/h1-4H,5H2;5*1H. The Hall–Kier alpha value is -1.58. The Kier molecular flexibility index (Phi) is 2.12. The van der Waals surface area contributed by atoms with Gasteiger partial charge in [0, 0.05) is 12.0 Å². The summed E-state index contributed by atoms with van der Waals surface area (Å²) < 4.78 is 1.13. The monoisotopic (exact) mass is 200 g/mol. The molecular weight excluding hydrogens is 184 g/mol. The Bertz CT molecular complexity index is 452. The maximum atomic E-state index is 8.14. The van der Waals surface area contributed by atoms with Crippen molar-refractivity contribution < 1.29 is 7.13 Å². The predicted octanol–water partition coefficient (Wildman–Crippen LogP) is 4.34. The number of fused-ring (bicyclic) bond motifs is 1. The molecule has 1 aromatic heterocycles. The molecule has 5 heteroatoms. The van der Waals surface area contributed by atoms with Gasteiger partial charge in [-0.25, -0.2) is 4.98 Å². The molecule has 0 aliphatic rings. The number of hydrogen-bond acceptors (Lipinski definition) is 3. The van der Waals surface area contributed by atoms with E-state index >= 15 is 0 Å². The van der Waals surface area contributed by atoms with Gasteiger partial charge in [0.05, 0.1) is 21.8 Å². The third-order valence-electron chi connectivity index (χ3n) is 1.61. The molecule has 13 heavy (non-hydrogen) atoms. The highest BCUT2D eigenvalue weighted by atomic mass is 32.1. The summed E-state index contributed by atoms with van der Waals surface area (Å²) in [6.45, 7) is 0.343. The smallest absolute Gasteiger partial charge is 0.0996 e. The SMILES string of the molecule is [HH].[HH].[HH].[HH].[HH].[N-]=[N+]=NCc1nc2ccccc2s1. The molecule has 0 spiro atoms. The molecule has 2 rings (SSSR count). The highest BCUT2D eigenvalue weighted by molar-refractivity contribution is 7.18. The normalized spacial score (nSPS) is 9.85. The first-order valence-corrected chi connectivity index (χ1v) is 4.57. The molecule has 0 fully saturated rings. The van der Waals surface area contributed by atoms with Crippen LogP contribution in [-0.2, 0) is 6.54 Å². The molecule has 0 aliphatic carbocycles. The number of azide groups is 1. The lowest BCUT2D eigenvalue weighted by atomic mass is 10.3. The average molecular weight is 200 g/mol. The van der Waals surface area contributed by atoms with Crippen molar-refractivity contribution in [1.29, 1.82) is 0 Å². The molecule has 4 nitrogen and oxygen atoms in total. The van der Waals surface area contributed by atoms with E-state index in [1.165, 1.54) is 0 Å². The van der Waals surface area contributed by atoms with Crippen LogP contribution in [0.25, 0.3) is 20.7 Å². The van der Waals surface area contributed by atoms with Gasteiger partial charge in [-0.1, -0.05) is 17.2 Å². The summed E-state index contributed by atoms with van der Waals surface area (Å²) in [4.78, 5) is 7.00. The number of benzene rings is 1. The number of nitrogens with zero attached hydrogens (tertiary/aromatic N) is 4. The molecule has 0 saturated carbocycles. The van der Waals surface area contributed by atoms with Gasteiger partial charge in [-0.2, -0.15) is 0 Å².